The van der Waals surface area contributed by atoms with Crippen molar-refractivity contribution in [1.29, 1.82) is 5.26 Å². The monoisotopic (exact) mass is 323 g/mol. The van der Waals surface area contributed by atoms with Crippen molar-refractivity contribution in [2.24, 2.45) is 5.41 Å². The van der Waals surface area contributed by atoms with Crippen LogP contribution in [0.3, 0.4) is 0 Å². The average molecular weight is 324 g/mol. The Kier molecular flexibility index (Phi) is 6.66. The van der Waals surface area contributed by atoms with E-state index in [1.165, 1.54) is 0 Å². The van der Waals surface area contributed by atoms with Crippen LogP contribution in [-0.2, 0) is 0 Å². The van der Waals surface area contributed by atoms with E-state index >= 15 is 0 Å². The van der Waals surface area contributed by atoms with Crippen LogP contribution in [0, 0.1) is 16.7 Å². The predicted octanol–water partition coefficient (Wildman–Crippen LogP) is 3.47. The lowest BCUT2D eigenvalue weighted by Gasteiger charge is -2.30. The highest BCUT2D eigenvalue weighted by Gasteiger charge is 2.21. The molecule has 0 saturated carbocycles. The average Bonchev–Trinajstić information content (AvgIpc) is 2.42. The Morgan fingerprint density at radius 2 is 2.14 bits per heavy atom. The third-order valence-electron chi connectivity index (χ3n) is 2.88. The van der Waals surface area contributed by atoms with Gasteiger partial charge in [-0.2, -0.15) is 5.26 Å². The van der Waals surface area contributed by atoms with Crippen molar-refractivity contribution in [3.63, 3.8) is 0 Å². The number of nitriles is 1. The summed E-state index contributed by atoms with van der Waals surface area (Å²) in [5, 5.41) is 20.9. The number of benzene rings is 1. The molecule has 0 heterocycles. The lowest BCUT2D eigenvalue weighted by molar-refractivity contribution is 0.176. The first-order valence-electron chi connectivity index (χ1n) is 7.13. The molecule has 5 nitrogen and oxygen atoms in total. The van der Waals surface area contributed by atoms with Gasteiger partial charge < -0.3 is 15.3 Å². The second-order valence-electron chi connectivity index (χ2n) is 6.30. The van der Waals surface area contributed by atoms with Crippen molar-refractivity contribution in [3.8, 4) is 6.07 Å². The first-order valence-corrected chi connectivity index (χ1v) is 7.51. The third-order valence-corrected chi connectivity index (χ3v) is 3.19. The standard InChI is InChI=1S/C16H22ClN3O2/c1-16(2,3)11-20(7-4-8-21)15(22)19-13-6-5-12(10-18)14(17)9-13/h5-6,9,21H,4,7-8,11H2,1-3H3,(H,19,22). The number of amides is 2. The van der Waals surface area contributed by atoms with Gasteiger partial charge in [-0.05, 0) is 30.0 Å². The van der Waals surface area contributed by atoms with Crippen molar-refractivity contribution in [2.75, 3.05) is 25.0 Å². The summed E-state index contributed by atoms with van der Waals surface area (Å²) < 4.78 is 0. The van der Waals surface area contributed by atoms with Crippen molar-refractivity contribution in [1.82, 2.24) is 4.90 Å². The molecule has 0 radical (unpaired) electrons. The highest BCUT2D eigenvalue weighted by Crippen LogP contribution is 2.21. The third kappa shape index (κ3) is 5.92. The molecule has 0 aliphatic rings. The molecule has 1 aromatic rings. The summed E-state index contributed by atoms with van der Waals surface area (Å²) >= 11 is 5.96. The van der Waals surface area contributed by atoms with Gasteiger partial charge in [-0.1, -0.05) is 32.4 Å². The van der Waals surface area contributed by atoms with Gasteiger partial charge in [0.05, 0.1) is 10.6 Å². The number of halogens is 1. The van der Waals surface area contributed by atoms with E-state index in [9.17, 15) is 4.79 Å². The molecule has 0 fully saturated rings. The van der Waals surface area contributed by atoms with Crippen LogP contribution in [0.1, 0.15) is 32.8 Å². The van der Waals surface area contributed by atoms with Gasteiger partial charge in [0.15, 0.2) is 0 Å². The van der Waals surface area contributed by atoms with Gasteiger partial charge in [-0.3, -0.25) is 0 Å². The van der Waals surface area contributed by atoms with Crippen molar-refractivity contribution in [2.45, 2.75) is 27.2 Å². The highest BCUT2D eigenvalue weighted by atomic mass is 35.5. The van der Waals surface area contributed by atoms with E-state index in [4.69, 9.17) is 22.0 Å². The minimum atomic E-state index is -0.246. The molecule has 22 heavy (non-hydrogen) atoms. The second kappa shape index (κ2) is 8.02. The Bertz CT molecular complexity index is 561. The van der Waals surface area contributed by atoms with E-state index in [0.29, 0.717) is 35.8 Å². The molecule has 0 aliphatic heterocycles. The Morgan fingerprint density at radius 3 is 2.64 bits per heavy atom. The smallest absolute Gasteiger partial charge is 0.321 e. The van der Waals surface area contributed by atoms with Gasteiger partial charge in [0.1, 0.15) is 6.07 Å². The lowest BCUT2D eigenvalue weighted by Crippen LogP contribution is -2.41. The van der Waals surface area contributed by atoms with Gasteiger partial charge in [-0.25, -0.2) is 4.79 Å². The summed E-state index contributed by atoms with van der Waals surface area (Å²) in [5.41, 5.74) is 0.859. The molecule has 0 spiro atoms. The summed E-state index contributed by atoms with van der Waals surface area (Å²) in [6, 6.07) is 6.50. The van der Waals surface area contributed by atoms with Crippen LogP contribution in [0.15, 0.2) is 18.2 Å². The Labute approximate surface area is 136 Å². The number of nitrogens with one attached hydrogen (secondary N) is 1. The van der Waals surface area contributed by atoms with Gasteiger partial charge in [0.2, 0.25) is 0 Å². The molecule has 2 N–H and O–H groups in total. The van der Waals surface area contributed by atoms with E-state index in [2.05, 4.69) is 5.32 Å². The molecule has 0 atom stereocenters. The maximum Gasteiger partial charge on any atom is 0.321 e. The fourth-order valence-electron chi connectivity index (χ4n) is 1.97. The molecular weight excluding hydrogens is 302 g/mol. The minimum Gasteiger partial charge on any atom is -0.396 e. The van der Waals surface area contributed by atoms with Gasteiger partial charge in [0, 0.05) is 25.4 Å². The topological polar surface area (TPSA) is 76.4 Å². The maximum absolute atomic E-state index is 12.4. The van der Waals surface area contributed by atoms with E-state index in [1.807, 2.05) is 26.8 Å². The fourth-order valence-corrected chi connectivity index (χ4v) is 2.20. The molecule has 0 aliphatic carbocycles. The molecule has 0 saturated heterocycles. The number of anilines is 1. The highest BCUT2D eigenvalue weighted by molar-refractivity contribution is 6.32. The molecule has 0 unspecified atom stereocenters. The number of carbonyl (C=O) groups excluding carboxylic acids is 1. The Balaban J connectivity index is 2.81. The molecule has 1 aromatic carbocycles. The maximum atomic E-state index is 12.4. The lowest BCUT2D eigenvalue weighted by atomic mass is 9.96. The van der Waals surface area contributed by atoms with Crippen molar-refractivity contribution >= 4 is 23.3 Å². The van der Waals surface area contributed by atoms with Crippen LogP contribution in [0.25, 0.3) is 0 Å². The molecule has 1 rings (SSSR count). The van der Waals surface area contributed by atoms with Crippen LogP contribution < -0.4 is 5.32 Å². The van der Waals surface area contributed by atoms with Crippen LogP contribution in [0.2, 0.25) is 5.02 Å². The zero-order valence-electron chi connectivity index (χ0n) is 13.2. The first kappa shape index (κ1) is 18.3. The number of aliphatic hydroxyl groups excluding tert-OH is 1. The van der Waals surface area contributed by atoms with Crippen LogP contribution in [0.5, 0.6) is 0 Å². The number of hydrogen-bond acceptors (Lipinski definition) is 3. The molecular formula is C16H22ClN3O2. The first-order chi connectivity index (χ1) is 10.3. The van der Waals surface area contributed by atoms with E-state index < -0.39 is 0 Å². The van der Waals surface area contributed by atoms with E-state index in [1.54, 1.807) is 23.1 Å². The van der Waals surface area contributed by atoms with E-state index in [-0.39, 0.29) is 18.1 Å². The number of carbonyl (C=O) groups is 1. The minimum absolute atomic E-state index is 0.0383. The molecule has 120 valence electrons. The second-order valence-corrected chi connectivity index (χ2v) is 6.70. The predicted molar refractivity (Wildman–Crippen MR) is 87.9 cm³/mol. The number of hydrogen-bond donors (Lipinski definition) is 2. The number of aliphatic hydroxyl groups is 1. The molecule has 6 heteroatoms. The number of urea groups is 1. The number of nitrogens with zero attached hydrogens (tertiary/aromatic N) is 2. The normalized spacial score (nSPS) is 10.9. The molecule has 2 amide bonds. The quantitative estimate of drug-likeness (QED) is 0.871. The van der Waals surface area contributed by atoms with E-state index in [0.717, 1.165) is 0 Å². The van der Waals surface area contributed by atoms with Crippen LogP contribution >= 0.6 is 11.6 Å². The summed E-state index contributed by atoms with van der Waals surface area (Å²) in [7, 11) is 0. The summed E-state index contributed by atoms with van der Waals surface area (Å²) in [4.78, 5) is 14.1. The SMILES string of the molecule is CC(C)(C)CN(CCCO)C(=O)Nc1ccc(C#N)c(Cl)c1. The summed E-state index contributed by atoms with van der Waals surface area (Å²) in [5.74, 6) is 0. The van der Waals surface area contributed by atoms with Crippen LogP contribution in [0.4, 0.5) is 10.5 Å². The zero-order chi connectivity index (χ0) is 16.8. The molecule has 0 aromatic heterocycles. The largest absolute Gasteiger partial charge is 0.396 e. The summed E-state index contributed by atoms with van der Waals surface area (Å²) in [6.45, 7) is 7.23. The van der Waals surface area contributed by atoms with Crippen molar-refractivity contribution < 1.29 is 9.90 Å². The fraction of sp³-hybridized carbons (Fsp3) is 0.500. The number of rotatable bonds is 5. The van der Waals surface area contributed by atoms with Gasteiger partial charge in [0.25, 0.3) is 0 Å². The van der Waals surface area contributed by atoms with Gasteiger partial charge >= 0.3 is 6.03 Å². The Morgan fingerprint density at radius 1 is 1.45 bits per heavy atom. The van der Waals surface area contributed by atoms with Crippen molar-refractivity contribution in [3.05, 3.63) is 28.8 Å². The zero-order valence-corrected chi connectivity index (χ0v) is 13.9. The van der Waals surface area contributed by atoms with Gasteiger partial charge in [-0.15, -0.1) is 0 Å². The van der Waals surface area contributed by atoms with Crippen LogP contribution in [-0.4, -0.2) is 35.7 Å². The summed E-state index contributed by atoms with van der Waals surface area (Å²) in [6.07, 6.45) is 0.525. The molecule has 0 bridgehead atoms. The Hall–Kier alpha value is -1.77.